The van der Waals surface area contributed by atoms with Crippen LogP contribution < -0.4 is 5.73 Å². The lowest BCUT2D eigenvalue weighted by Crippen LogP contribution is -2.26. The number of nitrogens with two attached hydrogens (primary N) is 1. The van der Waals surface area contributed by atoms with Gasteiger partial charge in [0.05, 0.1) is 0 Å². The Labute approximate surface area is 71.4 Å². The summed E-state index contributed by atoms with van der Waals surface area (Å²) in [5.41, 5.74) is 6.23. The van der Waals surface area contributed by atoms with E-state index in [2.05, 4.69) is 6.92 Å². The molecule has 1 rings (SSSR count). The van der Waals surface area contributed by atoms with E-state index in [-0.39, 0.29) is 0 Å². The Morgan fingerprint density at radius 3 is 1.82 bits per heavy atom. The Kier molecular flexibility index (Phi) is 5.57. The second-order valence-electron chi connectivity index (χ2n) is 3.26. The number of hydrogen-bond donors (Lipinski definition) is 1. The van der Waals surface area contributed by atoms with Gasteiger partial charge in [-0.3, -0.25) is 0 Å². The first kappa shape index (κ1) is 11.0. The molecule has 0 saturated heterocycles. The molecule has 68 valence electrons. The van der Waals surface area contributed by atoms with Gasteiger partial charge in [-0.2, -0.15) is 0 Å². The summed E-state index contributed by atoms with van der Waals surface area (Å²) in [6.45, 7) is 7.17. The summed E-state index contributed by atoms with van der Waals surface area (Å²) in [6.07, 6.45) is 6.85. The minimum absolute atomic E-state index is 0.556. The largest absolute Gasteiger partial charge is 0.330 e. The summed E-state index contributed by atoms with van der Waals surface area (Å²) in [7, 11) is 0. The third-order valence-corrected chi connectivity index (χ3v) is 2.85. The van der Waals surface area contributed by atoms with Crippen molar-refractivity contribution in [2.45, 2.75) is 52.9 Å². The van der Waals surface area contributed by atoms with Crippen LogP contribution in [0.5, 0.6) is 0 Å². The summed E-state index contributed by atoms with van der Waals surface area (Å²) in [5, 5.41) is 0. The summed E-state index contributed by atoms with van der Waals surface area (Å²) < 4.78 is 0. The molecule has 0 aromatic carbocycles. The number of hydrogen-bond acceptors (Lipinski definition) is 1. The molecule has 0 radical (unpaired) electrons. The van der Waals surface area contributed by atoms with Crippen molar-refractivity contribution >= 4 is 0 Å². The molecule has 1 heteroatoms. The minimum atomic E-state index is 0.556. The Balaban J connectivity index is 0.000000461. The van der Waals surface area contributed by atoms with Crippen molar-refractivity contribution in [3.05, 3.63) is 0 Å². The maximum Gasteiger partial charge on any atom is -0.00206 e. The van der Waals surface area contributed by atoms with Crippen LogP contribution in [0.15, 0.2) is 0 Å². The van der Waals surface area contributed by atoms with Crippen molar-refractivity contribution in [3.63, 3.8) is 0 Å². The monoisotopic (exact) mass is 157 g/mol. The predicted octanol–water partition coefficient (Wildman–Crippen LogP) is 2.94. The van der Waals surface area contributed by atoms with E-state index in [0.717, 1.165) is 6.54 Å². The normalized spacial score (nSPS) is 20.7. The van der Waals surface area contributed by atoms with E-state index >= 15 is 0 Å². The van der Waals surface area contributed by atoms with Gasteiger partial charge in [-0.05, 0) is 31.2 Å². The van der Waals surface area contributed by atoms with Gasteiger partial charge in [0.1, 0.15) is 0 Å². The fourth-order valence-electron chi connectivity index (χ4n) is 1.83. The highest BCUT2D eigenvalue weighted by atomic mass is 14.6. The molecule has 0 amide bonds. The van der Waals surface area contributed by atoms with E-state index in [1.165, 1.54) is 32.1 Å². The van der Waals surface area contributed by atoms with Gasteiger partial charge in [0.25, 0.3) is 0 Å². The van der Waals surface area contributed by atoms with Gasteiger partial charge in [0, 0.05) is 0 Å². The van der Waals surface area contributed by atoms with Gasteiger partial charge in [-0.25, -0.2) is 0 Å². The Hall–Kier alpha value is -0.0400. The van der Waals surface area contributed by atoms with E-state index in [0.29, 0.717) is 5.41 Å². The topological polar surface area (TPSA) is 26.0 Å². The van der Waals surface area contributed by atoms with Crippen LogP contribution in [0.25, 0.3) is 0 Å². The van der Waals surface area contributed by atoms with Crippen LogP contribution in [0.4, 0.5) is 0 Å². The Morgan fingerprint density at radius 2 is 1.64 bits per heavy atom. The van der Waals surface area contributed by atoms with E-state index in [1.54, 1.807) is 0 Å². The maximum atomic E-state index is 5.68. The molecule has 0 spiro atoms. The average molecular weight is 157 g/mol. The molecule has 0 bridgehead atoms. The molecule has 0 heterocycles. The van der Waals surface area contributed by atoms with Gasteiger partial charge in [0.15, 0.2) is 0 Å². The molecule has 11 heavy (non-hydrogen) atoms. The molecule has 1 aliphatic carbocycles. The maximum absolute atomic E-state index is 5.68. The molecule has 0 atom stereocenters. The SMILES string of the molecule is CC.CCC1(CN)CCCC1. The zero-order valence-electron chi connectivity index (χ0n) is 8.32. The fraction of sp³-hybridized carbons (Fsp3) is 1.00. The van der Waals surface area contributed by atoms with Crippen LogP contribution in [0.3, 0.4) is 0 Å². The molecule has 0 unspecified atom stereocenters. The highest BCUT2D eigenvalue weighted by molar-refractivity contribution is 4.83. The molecule has 1 nitrogen and oxygen atoms in total. The molecule has 2 N–H and O–H groups in total. The third kappa shape index (κ3) is 2.82. The van der Waals surface area contributed by atoms with Crippen LogP contribution in [0, 0.1) is 5.41 Å². The van der Waals surface area contributed by atoms with Crippen molar-refractivity contribution in [2.24, 2.45) is 11.1 Å². The molecule has 0 aromatic rings. The molecule has 1 aliphatic rings. The second-order valence-corrected chi connectivity index (χ2v) is 3.26. The molecule has 1 fully saturated rings. The van der Waals surface area contributed by atoms with Crippen LogP contribution in [0.2, 0.25) is 0 Å². The van der Waals surface area contributed by atoms with Crippen LogP contribution in [0.1, 0.15) is 52.9 Å². The lowest BCUT2D eigenvalue weighted by Gasteiger charge is -2.24. The number of rotatable bonds is 2. The van der Waals surface area contributed by atoms with E-state index < -0.39 is 0 Å². The van der Waals surface area contributed by atoms with Crippen LogP contribution in [-0.4, -0.2) is 6.54 Å². The van der Waals surface area contributed by atoms with Crippen molar-refractivity contribution in [1.82, 2.24) is 0 Å². The van der Waals surface area contributed by atoms with Gasteiger partial charge in [0.2, 0.25) is 0 Å². The summed E-state index contributed by atoms with van der Waals surface area (Å²) in [4.78, 5) is 0. The van der Waals surface area contributed by atoms with Crippen molar-refractivity contribution in [1.29, 1.82) is 0 Å². The minimum Gasteiger partial charge on any atom is -0.330 e. The zero-order valence-corrected chi connectivity index (χ0v) is 8.32. The van der Waals surface area contributed by atoms with E-state index in [1.807, 2.05) is 13.8 Å². The van der Waals surface area contributed by atoms with Crippen molar-refractivity contribution in [3.8, 4) is 0 Å². The van der Waals surface area contributed by atoms with Gasteiger partial charge in [-0.1, -0.05) is 33.6 Å². The smallest absolute Gasteiger partial charge is 0.00206 e. The lowest BCUT2D eigenvalue weighted by molar-refractivity contribution is 0.296. The molecule has 0 aliphatic heterocycles. The first-order valence-electron chi connectivity index (χ1n) is 5.03. The summed E-state index contributed by atoms with van der Waals surface area (Å²) in [5.74, 6) is 0. The van der Waals surface area contributed by atoms with E-state index in [9.17, 15) is 0 Å². The Morgan fingerprint density at radius 1 is 1.18 bits per heavy atom. The standard InChI is InChI=1S/C8H17N.C2H6/c1-2-8(7-9)5-3-4-6-8;1-2/h2-7,9H2,1H3;1-2H3. The van der Waals surface area contributed by atoms with Crippen molar-refractivity contribution < 1.29 is 0 Å². The Bertz CT molecular complexity index is 76.9. The molecular weight excluding hydrogens is 134 g/mol. The average Bonchev–Trinajstić information content (AvgIpc) is 2.57. The third-order valence-electron chi connectivity index (χ3n) is 2.85. The zero-order chi connectivity index (χ0) is 8.74. The fourth-order valence-corrected chi connectivity index (χ4v) is 1.83. The second kappa shape index (κ2) is 5.59. The van der Waals surface area contributed by atoms with Crippen LogP contribution >= 0.6 is 0 Å². The lowest BCUT2D eigenvalue weighted by atomic mass is 9.84. The van der Waals surface area contributed by atoms with Crippen molar-refractivity contribution in [2.75, 3.05) is 6.54 Å². The first-order chi connectivity index (χ1) is 5.33. The van der Waals surface area contributed by atoms with Gasteiger partial charge >= 0.3 is 0 Å². The first-order valence-corrected chi connectivity index (χ1v) is 5.03. The summed E-state index contributed by atoms with van der Waals surface area (Å²) >= 11 is 0. The van der Waals surface area contributed by atoms with Gasteiger partial charge in [-0.15, -0.1) is 0 Å². The van der Waals surface area contributed by atoms with Crippen LogP contribution in [-0.2, 0) is 0 Å². The van der Waals surface area contributed by atoms with E-state index in [4.69, 9.17) is 5.73 Å². The summed E-state index contributed by atoms with van der Waals surface area (Å²) in [6, 6.07) is 0. The highest BCUT2D eigenvalue weighted by Crippen LogP contribution is 2.39. The molecular formula is C10H23N. The molecule has 0 aromatic heterocycles. The molecule has 1 saturated carbocycles. The predicted molar refractivity (Wildman–Crippen MR) is 51.6 cm³/mol. The van der Waals surface area contributed by atoms with Gasteiger partial charge < -0.3 is 5.73 Å². The quantitative estimate of drug-likeness (QED) is 0.655. The highest BCUT2D eigenvalue weighted by Gasteiger charge is 2.29.